The summed E-state index contributed by atoms with van der Waals surface area (Å²) in [5.41, 5.74) is 0.237. The maximum atomic E-state index is 12.8. The second-order valence-corrected chi connectivity index (χ2v) is 11.2. The van der Waals surface area contributed by atoms with Crippen LogP contribution in [-0.4, -0.2) is 75.5 Å². The molecule has 1 fully saturated rings. The number of sulfonamides is 1. The molecule has 2 rings (SSSR count). The van der Waals surface area contributed by atoms with E-state index in [1.54, 1.807) is 42.0 Å². The lowest BCUT2D eigenvalue weighted by molar-refractivity contribution is 0.0253. The molecule has 0 spiro atoms. The number of anilines is 2. The molecule has 1 aliphatic rings. The van der Waals surface area contributed by atoms with Gasteiger partial charge in [-0.05, 0) is 58.6 Å². The number of nitrogens with zero attached hydrogens (tertiary/aromatic N) is 2. The summed E-state index contributed by atoms with van der Waals surface area (Å²) in [6.07, 6.45) is 1.37. The average Bonchev–Trinajstić information content (AvgIpc) is 2.73. The lowest BCUT2D eigenvalue weighted by Gasteiger charge is -2.35. The molecule has 33 heavy (non-hydrogen) atoms. The molecule has 3 amide bonds. The molecule has 0 bridgehead atoms. The summed E-state index contributed by atoms with van der Waals surface area (Å²) in [5, 5.41) is 2.84. The minimum Gasteiger partial charge on any atom is -0.494 e. The first-order valence-electron chi connectivity index (χ1n) is 11.0. The van der Waals surface area contributed by atoms with E-state index >= 15 is 0 Å². The average molecular weight is 485 g/mol. The smallest absolute Gasteiger partial charge is 0.410 e. The Bertz CT molecular complexity index is 945. The van der Waals surface area contributed by atoms with E-state index in [0.29, 0.717) is 36.8 Å². The van der Waals surface area contributed by atoms with Crippen molar-refractivity contribution in [2.45, 2.75) is 46.1 Å². The van der Waals surface area contributed by atoms with Crippen LogP contribution in [0.15, 0.2) is 18.2 Å². The van der Waals surface area contributed by atoms with Crippen LogP contribution in [0.5, 0.6) is 5.75 Å². The van der Waals surface area contributed by atoms with Gasteiger partial charge >= 0.3 is 12.1 Å². The van der Waals surface area contributed by atoms with Crippen molar-refractivity contribution in [3.8, 4) is 5.75 Å². The maximum absolute atomic E-state index is 12.8. The van der Waals surface area contributed by atoms with E-state index in [0.717, 1.165) is 12.8 Å². The van der Waals surface area contributed by atoms with Crippen molar-refractivity contribution in [3.63, 3.8) is 0 Å². The molecule has 10 nitrogen and oxygen atoms in total. The van der Waals surface area contributed by atoms with Crippen molar-refractivity contribution >= 4 is 33.5 Å². The largest absolute Gasteiger partial charge is 0.494 e. The zero-order chi connectivity index (χ0) is 24.8. The monoisotopic (exact) mass is 484 g/mol. The molecule has 1 aromatic rings. The second kappa shape index (κ2) is 11.0. The Morgan fingerprint density at radius 1 is 1.27 bits per heavy atom. The highest BCUT2D eigenvalue weighted by Crippen LogP contribution is 2.29. The third-order valence-corrected chi connectivity index (χ3v) is 6.43. The minimum atomic E-state index is -3.45. The number of ether oxygens (including phenoxy) is 2. The molecule has 1 saturated heterocycles. The summed E-state index contributed by atoms with van der Waals surface area (Å²) in [7, 11) is -0.320. The van der Waals surface area contributed by atoms with Gasteiger partial charge < -0.3 is 24.6 Å². The van der Waals surface area contributed by atoms with Crippen LogP contribution in [0.3, 0.4) is 0 Å². The highest BCUT2D eigenvalue weighted by atomic mass is 32.2. The number of rotatable bonds is 7. The standard InChI is InChI=1S/C22H36N4O6S/c1-7-33(29,30)24-18-11-10-17(13-19(18)31-6)23-20(27)26-12-8-9-16(15-26)14-25(5)21(28)32-22(2,3)4/h10-11,13,16,24H,7-9,12,14-15H2,1-6H3,(H,23,27). The third kappa shape index (κ3) is 8.30. The number of carbonyl (C=O) groups excluding carboxylic acids is 2. The van der Waals surface area contributed by atoms with Gasteiger partial charge in [0.05, 0.1) is 18.6 Å². The van der Waals surface area contributed by atoms with Gasteiger partial charge in [-0.15, -0.1) is 0 Å². The first kappa shape index (κ1) is 26.6. The fourth-order valence-corrected chi connectivity index (χ4v) is 4.14. The van der Waals surface area contributed by atoms with Crippen LogP contribution in [-0.2, 0) is 14.8 Å². The molecule has 0 radical (unpaired) electrons. The van der Waals surface area contributed by atoms with Crippen molar-refractivity contribution in [2.24, 2.45) is 5.92 Å². The summed E-state index contributed by atoms with van der Waals surface area (Å²) in [4.78, 5) is 28.3. The lowest BCUT2D eigenvalue weighted by Crippen LogP contribution is -2.46. The molecule has 1 aliphatic heterocycles. The van der Waals surface area contributed by atoms with E-state index in [9.17, 15) is 18.0 Å². The van der Waals surface area contributed by atoms with Crippen LogP contribution < -0.4 is 14.8 Å². The molecule has 1 aromatic carbocycles. The number of benzene rings is 1. The fraction of sp³-hybridized carbons (Fsp3) is 0.636. The predicted molar refractivity (Wildman–Crippen MR) is 128 cm³/mol. The summed E-state index contributed by atoms with van der Waals surface area (Å²) in [6.45, 7) is 8.65. The fourth-order valence-electron chi connectivity index (χ4n) is 3.50. The SMILES string of the molecule is CCS(=O)(=O)Nc1ccc(NC(=O)N2CCCC(CN(C)C(=O)OC(C)(C)C)C2)cc1OC. The Kier molecular flexibility index (Phi) is 8.82. The Hall–Kier alpha value is -2.69. The molecule has 1 atom stereocenters. The summed E-state index contributed by atoms with van der Waals surface area (Å²) < 4.78 is 36.8. The number of urea groups is 1. The molecule has 0 aromatic heterocycles. The Morgan fingerprint density at radius 2 is 1.97 bits per heavy atom. The molecular weight excluding hydrogens is 448 g/mol. The molecular formula is C22H36N4O6S. The zero-order valence-electron chi connectivity index (χ0n) is 20.3. The molecule has 11 heteroatoms. The van der Waals surface area contributed by atoms with Gasteiger partial charge in [0.2, 0.25) is 10.0 Å². The number of likely N-dealkylation sites (tertiary alicyclic amines) is 1. The van der Waals surface area contributed by atoms with Crippen LogP contribution in [0.2, 0.25) is 0 Å². The van der Waals surface area contributed by atoms with Crippen LogP contribution in [0.4, 0.5) is 21.0 Å². The number of hydrogen-bond donors (Lipinski definition) is 2. The second-order valence-electron chi connectivity index (χ2n) is 9.17. The van der Waals surface area contributed by atoms with Crippen molar-refractivity contribution in [2.75, 3.05) is 49.6 Å². The minimum absolute atomic E-state index is 0.0616. The normalized spacial score (nSPS) is 16.7. The van der Waals surface area contributed by atoms with E-state index in [1.165, 1.54) is 7.11 Å². The number of hydrogen-bond acceptors (Lipinski definition) is 6. The lowest BCUT2D eigenvalue weighted by atomic mass is 9.98. The van der Waals surface area contributed by atoms with E-state index in [2.05, 4.69) is 10.0 Å². The van der Waals surface area contributed by atoms with Crippen LogP contribution in [0.1, 0.15) is 40.5 Å². The van der Waals surface area contributed by atoms with Gasteiger partial charge in [0.1, 0.15) is 11.4 Å². The first-order valence-corrected chi connectivity index (χ1v) is 12.7. The summed E-state index contributed by atoms with van der Waals surface area (Å²) in [6, 6.07) is 4.48. The Balaban J connectivity index is 1.99. The van der Waals surface area contributed by atoms with E-state index in [4.69, 9.17) is 9.47 Å². The topological polar surface area (TPSA) is 117 Å². The van der Waals surface area contributed by atoms with Crippen molar-refractivity contribution in [1.29, 1.82) is 0 Å². The molecule has 2 N–H and O–H groups in total. The van der Waals surface area contributed by atoms with Gasteiger partial charge in [-0.25, -0.2) is 18.0 Å². The molecule has 0 saturated carbocycles. The highest BCUT2D eigenvalue weighted by molar-refractivity contribution is 7.92. The van der Waals surface area contributed by atoms with Gasteiger partial charge in [-0.3, -0.25) is 4.72 Å². The number of carbonyl (C=O) groups is 2. The summed E-state index contributed by atoms with van der Waals surface area (Å²) >= 11 is 0. The van der Waals surface area contributed by atoms with Gasteiger partial charge in [-0.2, -0.15) is 0 Å². The third-order valence-electron chi connectivity index (χ3n) is 5.14. The van der Waals surface area contributed by atoms with Gasteiger partial charge in [0.15, 0.2) is 0 Å². The van der Waals surface area contributed by atoms with Crippen molar-refractivity contribution in [3.05, 3.63) is 18.2 Å². The van der Waals surface area contributed by atoms with Crippen LogP contribution in [0, 0.1) is 5.92 Å². The van der Waals surface area contributed by atoms with Gasteiger partial charge in [0.25, 0.3) is 0 Å². The number of amides is 3. The quantitative estimate of drug-likeness (QED) is 0.611. The number of nitrogens with one attached hydrogen (secondary N) is 2. The van der Waals surface area contributed by atoms with Crippen LogP contribution in [0.25, 0.3) is 0 Å². The van der Waals surface area contributed by atoms with Crippen molar-refractivity contribution in [1.82, 2.24) is 9.80 Å². The van der Waals surface area contributed by atoms with Gasteiger partial charge in [-0.1, -0.05) is 0 Å². The number of piperidine rings is 1. The highest BCUT2D eigenvalue weighted by Gasteiger charge is 2.27. The Labute approximate surface area is 196 Å². The zero-order valence-corrected chi connectivity index (χ0v) is 21.1. The Morgan fingerprint density at radius 3 is 2.58 bits per heavy atom. The summed E-state index contributed by atoms with van der Waals surface area (Å²) in [5.74, 6) is 0.385. The molecule has 1 unspecified atom stereocenters. The number of methoxy groups -OCH3 is 1. The first-order chi connectivity index (χ1) is 15.3. The van der Waals surface area contributed by atoms with E-state index in [1.807, 2.05) is 20.8 Å². The molecule has 1 heterocycles. The van der Waals surface area contributed by atoms with E-state index < -0.39 is 15.6 Å². The molecule has 0 aliphatic carbocycles. The van der Waals surface area contributed by atoms with Crippen LogP contribution >= 0.6 is 0 Å². The van der Waals surface area contributed by atoms with E-state index in [-0.39, 0.29) is 23.8 Å². The van der Waals surface area contributed by atoms with Gasteiger partial charge in [0, 0.05) is 38.4 Å². The molecule has 186 valence electrons. The predicted octanol–water partition coefficient (Wildman–Crippen LogP) is 3.57. The maximum Gasteiger partial charge on any atom is 0.410 e. The van der Waals surface area contributed by atoms with Crippen molar-refractivity contribution < 1.29 is 27.5 Å².